The van der Waals surface area contributed by atoms with Crippen LogP contribution in [0.25, 0.3) is 22.3 Å². The minimum absolute atomic E-state index is 0.259. The maximum absolute atomic E-state index is 12.5. The summed E-state index contributed by atoms with van der Waals surface area (Å²) >= 11 is 0. The summed E-state index contributed by atoms with van der Waals surface area (Å²) in [6, 6.07) is 14.8. The van der Waals surface area contributed by atoms with Gasteiger partial charge in [0.1, 0.15) is 23.9 Å². The molecule has 0 aliphatic rings. The first-order chi connectivity index (χ1) is 15.7. The molecule has 3 aromatic heterocycles. The highest BCUT2D eigenvalue weighted by Gasteiger charge is 2.12. The Morgan fingerprint density at radius 3 is 2.69 bits per heavy atom. The number of rotatable bonds is 7. The molecule has 0 spiro atoms. The van der Waals surface area contributed by atoms with Crippen LogP contribution in [0.5, 0.6) is 11.5 Å². The number of ether oxygens (including phenoxy) is 2. The third-order valence-corrected chi connectivity index (χ3v) is 4.92. The van der Waals surface area contributed by atoms with E-state index in [0.29, 0.717) is 30.0 Å². The molecular formula is C22H19N7O3. The smallest absolute Gasteiger partial charge is 0.259 e. The second-order valence-corrected chi connectivity index (χ2v) is 7.08. The fourth-order valence-corrected chi connectivity index (χ4v) is 3.28. The van der Waals surface area contributed by atoms with Crippen LogP contribution in [0.1, 0.15) is 11.4 Å². The molecule has 2 aromatic carbocycles. The van der Waals surface area contributed by atoms with Crippen LogP contribution in [0.2, 0.25) is 0 Å². The molecule has 0 unspecified atom stereocenters. The average molecular weight is 429 g/mol. The standard InChI is InChI=1S/C22H19N7O3/c1-31-17-6-7-19-15(10-17)11-18(22(30)25-19)21-26-28-29(27-21)12-14-2-4-16(5-3-14)32-13-20-23-8-9-24-20/h2-11H,12-13H2,1H3,(H,23,24)(H,25,30). The van der Waals surface area contributed by atoms with E-state index in [1.165, 1.54) is 4.80 Å². The number of hydrogen-bond acceptors (Lipinski definition) is 7. The summed E-state index contributed by atoms with van der Waals surface area (Å²) in [7, 11) is 1.60. The Bertz CT molecular complexity index is 1410. The Balaban J connectivity index is 1.31. The monoisotopic (exact) mass is 429 g/mol. The van der Waals surface area contributed by atoms with Crippen LogP contribution in [-0.4, -0.2) is 42.3 Å². The van der Waals surface area contributed by atoms with E-state index >= 15 is 0 Å². The number of benzene rings is 2. The normalized spacial score (nSPS) is 11.0. The molecular weight excluding hydrogens is 410 g/mol. The van der Waals surface area contributed by atoms with Gasteiger partial charge in [-0.1, -0.05) is 12.1 Å². The van der Waals surface area contributed by atoms with Crippen molar-refractivity contribution < 1.29 is 9.47 Å². The third-order valence-electron chi connectivity index (χ3n) is 4.92. The van der Waals surface area contributed by atoms with Crippen molar-refractivity contribution >= 4 is 10.9 Å². The zero-order valence-electron chi connectivity index (χ0n) is 17.1. The second kappa shape index (κ2) is 8.34. The van der Waals surface area contributed by atoms with Crippen molar-refractivity contribution in [1.29, 1.82) is 0 Å². The average Bonchev–Trinajstić information content (AvgIpc) is 3.50. The number of methoxy groups -OCH3 is 1. The summed E-state index contributed by atoms with van der Waals surface area (Å²) in [4.78, 5) is 23.9. The molecule has 10 nitrogen and oxygen atoms in total. The molecule has 0 radical (unpaired) electrons. The van der Waals surface area contributed by atoms with Gasteiger partial charge in [-0.2, -0.15) is 4.80 Å². The van der Waals surface area contributed by atoms with Crippen molar-refractivity contribution in [3.05, 3.63) is 82.7 Å². The molecule has 5 aromatic rings. The van der Waals surface area contributed by atoms with Gasteiger partial charge in [-0.15, -0.1) is 10.2 Å². The number of hydrogen-bond donors (Lipinski definition) is 2. The maximum atomic E-state index is 12.5. The topological polar surface area (TPSA) is 124 Å². The molecule has 160 valence electrons. The quantitative estimate of drug-likeness (QED) is 0.407. The van der Waals surface area contributed by atoms with E-state index in [1.54, 1.807) is 37.7 Å². The predicted molar refractivity (Wildman–Crippen MR) is 116 cm³/mol. The van der Waals surface area contributed by atoms with Crippen molar-refractivity contribution in [2.45, 2.75) is 13.2 Å². The lowest BCUT2D eigenvalue weighted by Crippen LogP contribution is -2.10. The molecule has 5 rings (SSSR count). The van der Waals surface area contributed by atoms with Crippen molar-refractivity contribution in [3.8, 4) is 22.9 Å². The van der Waals surface area contributed by atoms with E-state index in [2.05, 4.69) is 30.4 Å². The van der Waals surface area contributed by atoms with E-state index < -0.39 is 0 Å². The van der Waals surface area contributed by atoms with E-state index in [4.69, 9.17) is 9.47 Å². The van der Waals surface area contributed by atoms with E-state index in [1.807, 2.05) is 30.3 Å². The van der Waals surface area contributed by atoms with Crippen LogP contribution in [-0.2, 0) is 13.2 Å². The van der Waals surface area contributed by atoms with Crippen LogP contribution in [0.3, 0.4) is 0 Å². The van der Waals surface area contributed by atoms with Crippen LogP contribution in [0.4, 0.5) is 0 Å². The number of tetrazole rings is 1. The SMILES string of the molecule is COc1ccc2[nH]c(=O)c(-c3nnn(Cc4ccc(OCc5ncc[nH]5)cc4)n3)cc2c1. The van der Waals surface area contributed by atoms with Gasteiger partial charge in [-0.3, -0.25) is 4.79 Å². The maximum Gasteiger partial charge on any atom is 0.259 e. The minimum atomic E-state index is -0.278. The highest BCUT2D eigenvalue weighted by molar-refractivity contribution is 5.83. The number of aromatic amines is 2. The predicted octanol–water partition coefficient (Wildman–Crippen LogP) is 2.54. The summed E-state index contributed by atoms with van der Waals surface area (Å²) in [6.45, 7) is 0.775. The number of nitrogens with one attached hydrogen (secondary N) is 2. The van der Waals surface area contributed by atoms with Gasteiger partial charge in [0.2, 0.25) is 5.82 Å². The van der Waals surface area contributed by atoms with Gasteiger partial charge in [0.25, 0.3) is 5.56 Å². The van der Waals surface area contributed by atoms with Crippen molar-refractivity contribution in [2.24, 2.45) is 0 Å². The molecule has 0 atom stereocenters. The largest absolute Gasteiger partial charge is 0.497 e. The lowest BCUT2D eigenvalue weighted by atomic mass is 10.1. The molecule has 0 fully saturated rings. The van der Waals surface area contributed by atoms with Crippen molar-refractivity contribution in [2.75, 3.05) is 7.11 Å². The summed E-state index contributed by atoms with van der Waals surface area (Å²) in [6.07, 6.45) is 3.44. The van der Waals surface area contributed by atoms with Gasteiger partial charge >= 0.3 is 0 Å². The van der Waals surface area contributed by atoms with Gasteiger partial charge in [0, 0.05) is 23.3 Å². The summed E-state index contributed by atoms with van der Waals surface area (Å²) in [5.41, 5.74) is 1.75. The molecule has 0 saturated heterocycles. The molecule has 0 aliphatic carbocycles. The summed E-state index contributed by atoms with van der Waals surface area (Å²) < 4.78 is 10.9. The Kier molecular flexibility index (Phi) is 5.08. The van der Waals surface area contributed by atoms with Gasteiger partial charge < -0.3 is 19.4 Å². The van der Waals surface area contributed by atoms with Crippen molar-refractivity contribution in [3.63, 3.8) is 0 Å². The number of fused-ring (bicyclic) bond motifs is 1. The molecule has 2 N–H and O–H groups in total. The zero-order chi connectivity index (χ0) is 21.9. The first-order valence-electron chi connectivity index (χ1n) is 9.87. The van der Waals surface area contributed by atoms with Crippen LogP contribution in [0, 0.1) is 0 Å². The van der Waals surface area contributed by atoms with E-state index in [0.717, 1.165) is 22.5 Å². The Morgan fingerprint density at radius 1 is 1.06 bits per heavy atom. The van der Waals surface area contributed by atoms with Crippen molar-refractivity contribution in [1.82, 2.24) is 35.2 Å². The first-order valence-corrected chi connectivity index (χ1v) is 9.87. The van der Waals surface area contributed by atoms with Crippen LogP contribution >= 0.6 is 0 Å². The van der Waals surface area contributed by atoms with Crippen LogP contribution < -0.4 is 15.0 Å². The van der Waals surface area contributed by atoms with E-state index in [9.17, 15) is 4.79 Å². The number of pyridine rings is 1. The molecule has 0 saturated carbocycles. The van der Waals surface area contributed by atoms with Gasteiger partial charge in [-0.25, -0.2) is 4.98 Å². The van der Waals surface area contributed by atoms with Gasteiger partial charge in [0.05, 0.1) is 19.2 Å². The number of aromatic nitrogens is 7. The fourth-order valence-electron chi connectivity index (χ4n) is 3.28. The molecule has 10 heteroatoms. The zero-order valence-corrected chi connectivity index (χ0v) is 17.1. The molecule has 32 heavy (non-hydrogen) atoms. The number of imidazole rings is 1. The Hall–Kier alpha value is -4.47. The molecule has 0 aliphatic heterocycles. The summed E-state index contributed by atoms with van der Waals surface area (Å²) in [5, 5.41) is 13.4. The van der Waals surface area contributed by atoms with Crippen LogP contribution in [0.15, 0.2) is 65.7 Å². The Labute approximate surface area is 181 Å². The number of nitrogens with zero attached hydrogens (tertiary/aromatic N) is 5. The molecule has 3 heterocycles. The van der Waals surface area contributed by atoms with Gasteiger partial charge in [-0.05, 0) is 47.2 Å². The van der Waals surface area contributed by atoms with E-state index in [-0.39, 0.29) is 11.4 Å². The van der Waals surface area contributed by atoms with Gasteiger partial charge in [0.15, 0.2) is 0 Å². The molecule has 0 amide bonds. The lowest BCUT2D eigenvalue weighted by Gasteiger charge is -2.05. The molecule has 0 bridgehead atoms. The highest BCUT2D eigenvalue weighted by Crippen LogP contribution is 2.21. The number of H-pyrrole nitrogens is 2. The highest BCUT2D eigenvalue weighted by atomic mass is 16.5. The second-order valence-electron chi connectivity index (χ2n) is 7.08. The minimum Gasteiger partial charge on any atom is -0.497 e. The first kappa shape index (κ1) is 19.5. The lowest BCUT2D eigenvalue weighted by molar-refractivity contribution is 0.297. The Morgan fingerprint density at radius 2 is 1.91 bits per heavy atom. The third kappa shape index (κ3) is 4.06. The fraction of sp³-hybridized carbons (Fsp3) is 0.136. The summed E-state index contributed by atoms with van der Waals surface area (Å²) in [5.74, 6) is 2.45.